The van der Waals surface area contributed by atoms with Crippen LogP contribution in [0.25, 0.3) is 0 Å². The second kappa shape index (κ2) is 8.74. The first kappa shape index (κ1) is 20.3. The Hall–Kier alpha value is -1.40. The summed E-state index contributed by atoms with van der Waals surface area (Å²) < 4.78 is 27.6. The summed E-state index contributed by atoms with van der Waals surface area (Å²) in [5.74, 6) is 0.416. The van der Waals surface area contributed by atoms with Gasteiger partial charge in [-0.1, -0.05) is 38.7 Å². The molecule has 0 radical (unpaired) electrons. The van der Waals surface area contributed by atoms with E-state index in [0.717, 1.165) is 44.1 Å². The molecule has 3 rings (SSSR count). The lowest BCUT2D eigenvalue weighted by Gasteiger charge is -2.29. The number of carbonyl (C=O) groups is 1. The van der Waals surface area contributed by atoms with E-state index in [1.54, 1.807) is 22.5 Å². The van der Waals surface area contributed by atoms with Crippen molar-refractivity contribution in [1.82, 2.24) is 9.62 Å². The molecule has 6 heteroatoms. The third-order valence-electron chi connectivity index (χ3n) is 6.02. The van der Waals surface area contributed by atoms with Crippen molar-refractivity contribution in [1.29, 1.82) is 0 Å². The molecular weight excluding hydrogens is 360 g/mol. The number of hydrogen-bond donors (Lipinski definition) is 1. The number of rotatable bonds is 4. The van der Waals surface area contributed by atoms with Gasteiger partial charge in [0.05, 0.1) is 4.90 Å². The molecule has 27 heavy (non-hydrogen) atoms. The molecule has 1 N–H and O–H groups in total. The number of piperidine rings is 1. The molecule has 0 aromatic heterocycles. The fraction of sp³-hybridized carbons (Fsp3) is 0.667. The zero-order valence-electron chi connectivity index (χ0n) is 16.5. The third kappa shape index (κ3) is 4.91. The predicted molar refractivity (Wildman–Crippen MR) is 107 cm³/mol. The Kier molecular flexibility index (Phi) is 6.58. The number of aryl methyl sites for hydroxylation is 1. The molecule has 5 nitrogen and oxygen atoms in total. The summed E-state index contributed by atoms with van der Waals surface area (Å²) in [5, 5.41) is 3.13. The maximum absolute atomic E-state index is 13.0. The summed E-state index contributed by atoms with van der Waals surface area (Å²) in [4.78, 5) is 13.1. The molecular formula is C21H32N2O3S. The second-order valence-electron chi connectivity index (χ2n) is 8.23. The first-order chi connectivity index (χ1) is 12.9. The van der Waals surface area contributed by atoms with Crippen LogP contribution < -0.4 is 5.32 Å². The van der Waals surface area contributed by atoms with Crippen LogP contribution in [0.2, 0.25) is 0 Å². The predicted octanol–water partition coefficient (Wildman–Crippen LogP) is 3.87. The van der Waals surface area contributed by atoms with Gasteiger partial charge in [0.1, 0.15) is 0 Å². The van der Waals surface area contributed by atoms with Crippen LogP contribution in [0.3, 0.4) is 0 Å². The third-order valence-corrected chi connectivity index (χ3v) is 7.92. The van der Waals surface area contributed by atoms with Crippen molar-refractivity contribution >= 4 is 15.9 Å². The molecule has 1 amide bonds. The van der Waals surface area contributed by atoms with Crippen LogP contribution in [0.5, 0.6) is 0 Å². The summed E-state index contributed by atoms with van der Waals surface area (Å²) in [5.41, 5.74) is 1.29. The van der Waals surface area contributed by atoms with E-state index < -0.39 is 10.0 Å². The maximum Gasteiger partial charge on any atom is 0.251 e. The van der Waals surface area contributed by atoms with Crippen LogP contribution in [0.4, 0.5) is 0 Å². The summed E-state index contributed by atoms with van der Waals surface area (Å²) in [7, 11) is -3.54. The average Bonchev–Trinajstić information content (AvgIpc) is 2.91. The van der Waals surface area contributed by atoms with Crippen molar-refractivity contribution < 1.29 is 13.2 Å². The van der Waals surface area contributed by atoms with E-state index in [0.29, 0.717) is 24.6 Å². The number of amides is 1. The molecule has 1 saturated heterocycles. The largest absolute Gasteiger partial charge is 0.349 e. The fourth-order valence-corrected chi connectivity index (χ4v) is 5.56. The molecule has 2 fully saturated rings. The Balaban J connectivity index is 1.78. The van der Waals surface area contributed by atoms with Gasteiger partial charge >= 0.3 is 0 Å². The van der Waals surface area contributed by atoms with Crippen LogP contribution >= 0.6 is 0 Å². The lowest BCUT2D eigenvalue weighted by molar-refractivity contribution is 0.0932. The molecule has 0 unspecified atom stereocenters. The van der Waals surface area contributed by atoms with Gasteiger partial charge < -0.3 is 5.32 Å². The Morgan fingerprint density at radius 1 is 1.04 bits per heavy atom. The topological polar surface area (TPSA) is 66.5 Å². The van der Waals surface area contributed by atoms with Crippen LogP contribution in [-0.4, -0.2) is 37.8 Å². The van der Waals surface area contributed by atoms with Crippen LogP contribution in [0.1, 0.15) is 74.2 Å². The molecule has 0 bridgehead atoms. The number of nitrogens with zero attached hydrogens (tertiary/aromatic N) is 1. The minimum atomic E-state index is -3.54. The molecule has 1 aromatic carbocycles. The van der Waals surface area contributed by atoms with Gasteiger partial charge in [-0.05, 0) is 56.2 Å². The number of carbonyl (C=O) groups excluding carboxylic acids is 1. The zero-order valence-corrected chi connectivity index (χ0v) is 17.4. The van der Waals surface area contributed by atoms with E-state index in [4.69, 9.17) is 0 Å². The first-order valence-corrected chi connectivity index (χ1v) is 11.7. The summed E-state index contributed by atoms with van der Waals surface area (Å²) in [6.07, 6.45) is 8.54. The van der Waals surface area contributed by atoms with Crippen molar-refractivity contribution in [3.8, 4) is 0 Å². The average molecular weight is 393 g/mol. The van der Waals surface area contributed by atoms with Gasteiger partial charge in [0.2, 0.25) is 10.0 Å². The smallest absolute Gasteiger partial charge is 0.251 e. The van der Waals surface area contributed by atoms with E-state index in [2.05, 4.69) is 12.2 Å². The van der Waals surface area contributed by atoms with Crippen LogP contribution in [-0.2, 0) is 10.0 Å². The Morgan fingerprint density at radius 2 is 1.67 bits per heavy atom. The van der Waals surface area contributed by atoms with Gasteiger partial charge in [0.25, 0.3) is 5.91 Å². The Bertz CT molecular complexity index is 760. The van der Waals surface area contributed by atoms with Gasteiger partial charge in [-0.3, -0.25) is 4.79 Å². The molecule has 2 aliphatic rings. The van der Waals surface area contributed by atoms with E-state index in [1.807, 2.05) is 6.92 Å². The maximum atomic E-state index is 13.0. The standard InChI is InChI=1S/C21H32N2O3S/c1-16-11-13-23(14-12-16)27(25,26)19-10-9-17(2)20(15-19)21(24)22-18-7-5-3-4-6-8-18/h9-10,15-16,18H,3-8,11-14H2,1-2H3,(H,22,24). The lowest BCUT2D eigenvalue weighted by Crippen LogP contribution is -2.38. The highest BCUT2D eigenvalue weighted by Gasteiger charge is 2.29. The van der Waals surface area contributed by atoms with Crippen molar-refractivity contribution in [2.75, 3.05) is 13.1 Å². The normalized spacial score (nSPS) is 21.0. The molecule has 0 atom stereocenters. The van der Waals surface area contributed by atoms with E-state index in [1.165, 1.54) is 12.8 Å². The second-order valence-corrected chi connectivity index (χ2v) is 10.2. The first-order valence-electron chi connectivity index (χ1n) is 10.3. The van der Waals surface area contributed by atoms with Crippen molar-refractivity contribution in [2.45, 2.75) is 76.2 Å². The molecule has 150 valence electrons. The highest BCUT2D eigenvalue weighted by atomic mass is 32.2. The Labute approximate surface area is 163 Å². The fourth-order valence-electron chi connectivity index (χ4n) is 4.07. The van der Waals surface area contributed by atoms with E-state index >= 15 is 0 Å². The number of sulfonamides is 1. The van der Waals surface area contributed by atoms with Gasteiger partial charge in [-0.25, -0.2) is 8.42 Å². The van der Waals surface area contributed by atoms with Gasteiger partial charge in [0.15, 0.2) is 0 Å². The lowest BCUT2D eigenvalue weighted by atomic mass is 10.0. The number of nitrogens with one attached hydrogen (secondary N) is 1. The monoisotopic (exact) mass is 392 g/mol. The van der Waals surface area contributed by atoms with E-state index in [9.17, 15) is 13.2 Å². The molecule has 1 aromatic rings. The van der Waals surface area contributed by atoms with Gasteiger partial charge in [0, 0.05) is 24.7 Å². The van der Waals surface area contributed by atoms with Crippen LogP contribution in [0.15, 0.2) is 23.1 Å². The van der Waals surface area contributed by atoms with Crippen molar-refractivity contribution in [3.05, 3.63) is 29.3 Å². The van der Waals surface area contributed by atoms with Gasteiger partial charge in [-0.2, -0.15) is 4.31 Å². The van der Waals surface area contributed by atoms with Gasteiger partial charge in [-0.15, -0.1) is 0 Å². The summed E-state index contributed by atoms with van der Waals surface area (Å²) >= 11 is 0. The summed E-state index contributed by atoms with van der Waals surface area (Å²) in [6, 6.07) is 5.14. The quantitative estimate of drug-likeness (QED) is 0.791. The number of hydrogen-bond acceptors (Lipinski definition) is 3. The molecule has 0 spiro atoms. The van der Waals surface area contributed by atoms with Crippen molar-refractivity contribution in [2.24, 2.45) is 5.92 Å². The molecule has 1 aliphatic carbocycles. The van der Waals surface area contributed by atoms with Crippen LogP contribution in [0, 0.1) is 12.8 Å². The summed E-state index contributed by atoms with van der Waals surface area (Å²) in [6.45, 7) is 5.13. The Morgan fingerprint density at radius 3 is 2.30 bits per heavy atom. The number of benzene rings is 1. The van der Waals surface area contributed by atoms with Crippen molar-refractivity contribution in [3.63, 3.8) is 0 Å². The molecule has 1 aliphatic heterocycles. The molecule has 1 saturated carbocycles. The minimum Gasteiger partial charge on any atom is -0.349 e. The minimum absolute atomic E-state index is 0.149. The highest BCUT2D eigenvalue weighted by Crippen LogP contribution is 2.25. The highest BCUT2D eigenvalue weighted by molar-refractivity contribution is 7.89. The molecule has 1 heterocycles. The zero-order chi connectivity index (χ0) is 19.4. The SMILES string of the molecule is Cc1ccc(S(=O)(=O)N2CCC(C)CC2)cc1C(=O)NC1CCCCCC1. The van der Waals surface area contributed by atoms with E-state index in [-0.39, 0.29) is 16.8 Å².